The lowest BCUT2D eigenvalue weighted by Gasteiger charge is -2.10. The van der Waals surface area contributed by atoms with Crippen LogP contribution in [-0.4, -0.2) is 17.9 Å². The maximum Gasteiger partial charge on any atom is 0.224 e. The van der Waals surface area contributed by atoms with E-state index in [4.69, 9.17) is 21.7 Å². The highest BCUT2D eigenvalue weighted by atomic mass is 35.5. The molecule has 0 radical (unpaired) electrons. The van der Waals surface area contributed by atoms with Crippen molar-refractivity contribution in [3.05, 3.63) is 58.7 Å². The van der Waals surface area contributed by atoms with Crippen LogP contribution in [0.2, 0.25) is 5.02 Å². The van der Waals surface area contributed by atoms with E-state index < -0.39 is 0 Å². The van der Waals surface area contributed by atoms with E-state index >= 15 is 0 Å². The third kappa shape index (κ3) is 3.45. The highest BCUT2D eigenvalue weighted by Crippen LogP contribution is 2.14. The fourth-order valence-corrected chi connectivity index (χ4v) is 1.76. The monoisotopic (exact) mass is 275 g/mol. The number of pyridine rings is 1. The molecule has 0 saturated carbocycles. The molecule has 0 atom stereocenters. The van der Waals surface area contributed by atoms with Gasteiger partial charge in [0.2, 0.25) is 5.88 Å². The number of benzene rings is 1. The first-order valence-corrected chi connectivity index (χ1v) is 6.14. The van der Waals surface area contributed by atoms with Crippen LogP contribution in [-0.2, 0) is 6.54 Å². The van der Waals surface area contributed by atoms with Crippen LogP contribution >= 0.6 is 11.6 Å². The summed E-state index contributed by atoms with van der Waals surface area (Å²) in [6, 6.07) is 11.1. The van der Waals surface area contributed by atoms with E-state index in [1.54, 1.807) is 18.3 Å². The zero-order valence-corrected chi connectivity index (χ0v) is 11.2. The molecule has 1 heterocycles. The van der Waals surface area contributed by atoms with Gasteiger partial charge in [-0.05, 0) is 29.8 Å². The van der Waals surface area contributed by atoms with Crippen LogP contribution in [0.25, 0.3) is 0 Å². The Hall–Kier alpha value is -2.07. The third-order valence-electron chi connectivity index (χ3n) is 2.62. The molecule has 0 fully saturated rings. The van der Waals surface area contributed by atoms with Crippen LogP contribution in [0.5, 0.6) is 5.88 Å². The summed E-state index contributed by atoms with van der Waals surface area (Å²) in [5.41, 5.74) is 1.69. The number of hydrogen-bond donors (Lipinski definition) is 2. The van der Waals surface area contributed by atoms with Gasteiger partial charge >= 0.3 is 0 Å². The van der Waals surface area contributed by atoms with Crippen LogP contribution in [0.1, 0.15) is 11.1 Å². The summed E-state index contributed by atoms with van der Waals surface area (Å²) in [7, 11) is 1.54. The second-order valence-electron chi connectivity index (χ2n) is 3.92. The molecule has 2 aromatic rings. The number of hydrogen-bond acceptors (Lipinski definition) is 3. The number of nitrogens with zero attached hydrogens (tertiary/aromatic N) is 1. The van der Waals surface area contributed by atoms with Crippen molar-refractivity contribution in [1.82, 2.24) is 10.3 Å². The predicted octanol–water partition coefficient (Wildman–Crippen LogP) is 2.86. The van der Waals surface area contributed by atoms with Crippen molar-refractivity contribution in [3.8, 4) is 5.88 Å². The number of halogens is 1. The fraction of sp³-hybridized carbons (Fsp3) is 0.143. The van der Waals surface area contributed by atoms with Crippen molar-refractivity contribution in [2.45, 2.75) is 6.54 Å². The Morgan fingerprint density at radius 3 is 2.74 bits per heavy atom. The molecule has 1 aromatic heterocycles. The lowest BCUT2D eigenvalue weighted by molar-refractivity contribution is 0.396. The lowest BCUT2D eigenvalue weighted by atomic mass is 10.2. The number of aromatic nitrogens is 1. The molecular formula is C14H14ClN3O. The number of rotatable bonds is 4. The Bertz CT molecular complexity index is 569. The first-order chi connectivity index (χ1) is 9.20. The molecule has 2 rings (SSSR count). The van der Waals surface area contributed by atoms with Gasteiger partial charge in [0.05, 0.1) is 12.7 Å². The normalized spacial score (nSPS) is 10.0. The molecular weight excluding hydrogens is 262 g/mol. The van der Waals surface area contributed by atoms with E-state index in [9.17, 15) is 0 Å². The maximum absolute atomic E-state index is 8.01. The molecule has 0 bridgehead atoms. The van der Waals surface area contributed by atoms with Crippen LogP contribution < -0.4 is 10.1 Å². The zero-order valence-electron chi connectivity index (χ0n) is 10.5. The minimum absolute atomic E-state index is 0.278. The molecule has 0 saturated heterocycles. The molecule has 19 heavy (non-hydrogen) atoms. The van der Waals surface area contributed by atoms with Crippen molar-refractivity contribution in [1.29, 1.82) is 5.41 Å². The lowest BCUT2D eigenvalue weighted by Crippen LogP contribution is -2.23. The van der Waals surface area contributed by atoms with Gasteiger partial charge in [-0.2, -0.15) is 0 Å². The number of nitrogens with one attached hydrogen (secondary N) is 2. The molecule has 0 unspecified atom stereocenters. The number of methoxy groups -OCH3 is 1. The second-order valence-corrected chi connectivity index (χ2v) is 4.35. The van der Waals surface area contributed by atoms with Gasteiger partial charge in [-0.25, -0.2) is 4.98 Å². The summed E-state index contributed by atoms with van der Waals surface area (Å²) in [6.07, 6.45) is 1.63. The fourth-order valence-electron chi connectivity index (χ4n) is 1.63. The molecule has 5 heteroatoms. The summed E-state index contributed by atoms with van der Waals surface area (Å²) in [5.74, 6) is 0.719. The van der Waals surface area contributed by atoms with Gasteiger partial charge < -0.3 is 10.1 Å². The zero-order chi connectivity index (χ0) is 13.7. The Balaban J connectivity index is 2.03. The predicted molar refractivity (Wildman–Crippen MR) is 75.9 cm³/mol. The van der Waals surface area contributed by atoms with Crippen molar-refractivity contribution in [3.63, 3.8) is 0 Å². The first kappa shape index (κ1) is 13.4. The van der Waals surface area contributed by atoms with Crippen molar-refractivity contribution in [2.75, 3.05) is 7.11 Å². The van der Waals surface area contributed by atoms with Crippen LogP contribution in [0.3, 0.4) is 0 Å². The van der Waals surface area contributed by atoms with Gasteiger partial charge in [-0.1, -0.05) is 23.7 Å². The Labute approximate surface area is 116 Å². The van der Waals surface area contributed by atoms with E-state index in [1.807, 2.05) is 24.3 Å². The SMILES string of the molecule is COc1ncccc1C(=N)NCc1ccc(Cl)cc1. The van der Waals surface area contributed by atoms with Crippen LogP contribution in [0.4, 0.5) is 0 Å². The van der Waals surface area contributed by atoms with E-state index in [0.29, 0.717) is 23.0 Å². The van der Waals surface area contributed by atoms with Gasteiger partial charge in [0.15, 0.2) is 0 Å². The number of ether oxygens (including phenoxy) is 1. The minimum atomic E-state index is 0.278. The van der Waals surface area contributed by atoms with Gasteiger partial charge in [-0.15, -0.1) is 0 Å². The molecule has 2 N–H and O–H groups in total. The largest absolute Gasteiger partial charge is 0.480 e. The standard InChI is InChI=1S/C14H14ClN3O/c1-19-14-12(3-2-8-17-14)13(16)18-9-10-4-6-11(15)7-5-10/h2-8H,9H2,1H3,(H2,16,18). The Morgan fingerprint density at radius 1 is 1.32 bits per heavy atom. The second kappa shape index (κ2) is 6.20. The summed E-state index contributed by atoms with van der Waals surface area (Å²) >= 11 is 5.82. The van der Waals surface area contributed by atoms with Crippen molar-refractivity contribution < 1.29 is 4.74 Å². The molecule has 0 aliphatic rings. The molecule has 1 aromatic carbocycles. The highest BCUT2D eigenvalue weighted by molar-refractivity contribution is 6.30. The van der Waals surface area contributed by atoms with Gasteiger partial charge in [0, 0.05) is 17.8 Å². The van der Waals surface area contributed by atoms with E-state index in [-0.39, 0.29) is 5.84 Å². The quantitative estimate of drug-likeness (QED) is 0.666. The van der Waals surface area contributed by atoms with Gasteiger partial charge in [0.1, 0.15) is 5.84 Å². The molecule has 98 valence electrons. The van der Waals surface area contributed by atoms with E-state index in [0.717, 1.165) is 5.56 Å². The number of amidine groups is 1. The van der Waals surface area contributed by atoms with Crippen molar-refractivity contribution >= 4 is 17.4 Å². The summed E-state index contributed by atoms with van der Waals surface area (Å²) in [6.45, 7) is 0.550. The Kier molecular flexibility index (Phi) is 4.36. The minimum Gasteiger partial charge on any atom is -0.480 e. The molecule has 0 amide bonds. The van der Waals surface area contributed by atoms with Crippen molar-refractivity contribution in [2.24, 2.45) is 0 Å². The topological polar surface area (TPSA) is 58.0 Å². The first-order valence-electron chi connectivity index (χ1n) is 5.77. The van der Waals surface area contributed by atoms with Gasteiger partial charge in [0.25, 0.3) is 0 Å². The van der Waals surface area contributed by atoms with Gasteiger partial charge in [-0.3, -0.25) is 5.41 Å². The van der Waals surface area contributed by atoms with Crippen LogP contribution in [0.15, 0.2) is 42.6 Å². The summed E-state index contributed by atoms with van der Waals surface area (Å²) in [4.78, 5) is 4.06. The maximum atomic E-state index is 8.01. The van der Waals surface area contributed by atoms with E-state index in [1.165, 1.54) is 7.11 Å². The average Bonchev–Trinajstić information content (AvgIpc) is 2.46. The molecule has 0 aliphatic carbocycles. The third-order valence-corrected chi connectivity index (χ3v) is 2.87. The summed E-state index contributed by atoms with van der Waals surface area (Å²) < 4.78 is 5.12. The van der Waals surface area contributed by atoms with E-state index in [2.05, 4.69) is 10.3 Å². The molecule has 0 aliphatic heterocycles. The molecule has 0 spiro atoms. The van der Waals surface area contributed by atoms with Crippen LogP contribution in [0, 0.1) is 5.41 Å². The molecule has 4 nitrogen and oxygen atoms in total. The smallest absolute Gasteiger partial charge is 0.224 e. The highest BCUT2D eigenvalue weighted by Gasteiger charge is 2.08. The Morgan fingerprint density at radius 2 is 2.05 bits per heavy atom. The average molecular weight is 276 g/mol. The summed E-state index contributed by atoms with van der Waals surface area (Å²) in [5, 5.41) is 11.7.